The lowest BCUT2D eigenvalue weighted by atomic mass is 10.0. The second-order valence-electron chi connectivity index (χ2n) is 6.26. The summed E-state index contributed by atoms with van der Waals surface area (Å²) in [7, 11) is -0.703. The van der Waals surface area contributed by atoms with Gasteiger partial charge in [0.25, 0.3) is 0 Å². The van der Waals surface area contributed by atoms with Crippen molar-refractivity contribution in [2.75, 3.05) is 20.8 Å². The van der Waals surface area contributed by atoms with E-state index in [-0.39, 0.29) is 11.5 Å². The maximum atomic E-state index is 13.2. The van der Waals surface area contributed by atoms with Gasteiger partial charge in [0.1, 0.15) is 11.2 Å². The molecule has 1 saturated carbocycles. The molecule has 0 saturated heterocycles. The summed E-state index contributed by atoms with van der Waals surface area (Å²) in [6, 6.07) is 15.3. The molecule has 1 fully saturated rings. The largest absolute Gasteiger partial charge is 0.497 e. The molecule has 7 heteroatoms. The number of hydrogen-bond acceptors (Lipinski definition) is 5. The molecule has 2 aromatic carbocycles. The Balaban J connectivity index is 2.05. The van der Waals surface area contributed by atoms with Gasteiger partial charge in [0, 0.05) is 18.1 Å². The van der Waals surface area contributed by atoms with E-state index in [9.17, 15) is 13.7 Å². The van der Waals surface area contributed by atoms with Gasteiger partial charge in [-0.1, -0.05) is 23.7 Å². The Morgan fingerprint density at radius 1 is 1.12 bits per heavy atom. The summed E-state index contributed by atoms with van der Waals surface area (Å²) in [5.41, 5.74) is -0.353. The van der Waals surface area contributed by atoms with Gasteiger partial charge in [0.15, 0.2) is 9.84 Å². The van der Waals surface area contributed by atoms with Crippen LogP contribution >= 0.6 is 11.6 Å². The lowest BCUT2D eigenvalue weighted by Gasteiger charge is -2.08. The monoisotopic (exact) mass is 391 g/mol. The van der Waals surface area contributed by atoms with E-state index in [2.05, 4.69) is 6.07 Å². The first kappa shape index (κ1) is 18.7. The summed E-state index contributed by atoms with van der Waals surface area (Å²) < 4.78 is 36.7. The predicted octanol–water partition coefficient (Wildman–Crippen LogP) is 3.44. The SMILES string of the molecule is COCC1(C#N)C(c2ccc(OC)cc2)C1S(=O)(=O)c1ccc(Cl)cc1. The molecule has 0 aliphatic heterocycles. The van der Waals surface area contributed by atoms with Gasteiger partial charge in [-0.3, -0.25) is 0 Å². The molecule has 136 valence electrons. The number of benzene rings is 2. The molecule has 3 atom stereocenters. The van der Waals surface area contributed by atoms with Gasteiger partial charge in [-0.15, -0.1) is 0 Å². The van der Waals surface area contributed by atoms with E-state index >= 15 is 0 Å². The number of rotatable bonds is 6. The third kappa shape index (κ3) is 2.96. The normalized spacial score (nSPS) is 24.7. The van der Waals surface area contributed by atoms with Crippen LogP contribution in [0.4, 0.5) is 0 Å². The Morgan fingerprint density at radius 2 is 1.73 bits per heavy atom. The molecule has 1 aliphatic rings. The second-order valence-corrected chi connectivity index (χ2v) is 8.76. The summed E-state index contributed by atoms with van der Waals surface area (Å²) in [5, 5.41) is 9.38. The van der Waals surface area contributed by atoms with Gasteiger partial charge in [0.05, 0.1) is 29.9 Å². The summed E-state index contributed by atoms with van der Waals surface area (Å²) in [4.78, 5) is 0.152. The Labute approximate surface area is 158 Å². The first-order chi connectivity index (χ1) is 12.4. The Morgan fingerprint density at radius 3 is 2.23 bits per heavy atom. The highest BCUT2D eigenvalue weighted by Gasteiger charge is 2.72. The van der Waals surface area contributed by atoms with Crippen molar-refractivity contribution >= 4 is 21.4 Å². The number of hydrogen-bond donors (Lipinski definition) is 0. The fourth-order valence-electron chi connectivity index (χ4n) is 3.49. The Hall–Kier alpha value is -2.07. The van der Waals surface area contributed by atoms with Crippen LogP contribution in [0.3, 0.4) is 0 Å². The van der Waals surface area contributed by atoms with Crippen LogP contribution in [0.15, 0.2) is 53.4 Å². The van der Waals surface area contributed by atoms with Crippen LogP contribution in [0.1, 0.15) is 11.5 Å². The van der Waals surface area contributed by atoms with Crippen LogP contribution in [0, 0.1) is 16.7 Å². The highest BCUT2D eigenvalue weighted by molar-refractivity contribution is 7.92. The fourth-order valence-corrected chi connectivity index (χ4v) is 5.93. The van der Waals surface area contributed by atoms with Crippen LogP contribution in [0.5, 0.6) is 5.75 Å². The van der Waals surface area contributed by atoms with Crippen molar-refractivity contribution in [1.29, 1.82) is 5.26 Å². The topological polar surface area (TPSA) is 76.4 Å². The van der Waals surface area contributed by atoms with E-state index in [1.807, 2.05) is 0 Å². The quantitative estimate of drug-likeness (QED) is 0.753. The van der Waals surface area contributed by atoms with Crippen molar-refractivity contribution in [2.24, 2.45) is 5.41 Å². The molecule has 0 bridgehead atoms. The highest BCUT2D eigenvalue weighted by atomic mass is 35.5. The molecule has 0 N–H and O–H groups in total. The average Bonchev–Trinajstić information content (AvgIpc) is 3.32. The fraction of sp³-hybridized carbons (Fsp3) is 0.316. The molecule has 3 unspecified atom stereocenters. The van der Waals surface area contributed by atoms with Crippen LogP contribution in [-0.4, -0.2) is 34.5 Å². The third-order valence-electron chi connectivity index (χ3n) is 4.80. The third-order valence-corrected chi connectivity index (χ3v) is 7.34. The standard InChI is InChI=1S/C19H18ClNO4S/c1-24-12-19(11-21)17(13-3-7-15(25-2)8-4-13)18(19)26(22,23)16-9-5-14(20)6-10-16/h3-10,17-18H,12H2,1-2H3. The summed E-state index contributed by atoms with van der Waals surface area (Å²) in [6.45, 7) is 0.0394. The Bertz CT molecular complexity index is 935. The maximum Gasteiger partial charge on any atom is 0.183 e. The minimum absolute atomic E-state index is 0.0394. The molecular weight excluding hydrogens is 374 g/mol. The molecule has 0 aromatic heterocycles. The van der Waals surface area contributed by atoms with Crippen molar-refractivity contribution in [1.82, 2.24) is 0 Å². The molecular formula is C19H18ClNO4S. The number of nitrogens with zero attached hydrogens (tertiary/aromatic N) is 1. The number of ether oxygens (including phenoxy) is 2. The summed E-state index contributed by atoms with van der Waals surface area (Å²) in [5.74, 6) is 0.194. The molecule has 0 spiro atoms. The maximum absolute atomic E-state index is 13.2. The van der Waals surface area contributed by atoms with E-state index in [0.29, 0.717) is 10.8 Å². The van der Waals surface area contributed by atoms with E-state index in [1.54, 1.807) is 31.4 Å². The van der Waals surface area contributed by atoms with Crippen molar-refractivity contribution in [2.45, 2.75) is 16.1 Å². The van der Waals surface area contributed by atoms with Gasteiger partial charge in [-0.25, -0.2) is 8.42 Å². The zero-order chi connectivity index (χ0) is 18.9. The summed E-state index contributed by atoms with van der Waals surface area (Å²) in [6.07, 6.45) is 0. The highest BCUT2D eigenvalue weighted by Crippen LogP contribution is 2.64. The zero-order valence-corrected chi connectivity index (χ0v) is 15.9. The van der Waals surface area contributed by atoms with E-state index in [0.717, 1.165) is 5.56 Å². The molecule has 0 heterocycles. The minimum atomic E-state index is -3.73. The smallest absolute Gasteiger partial charge is 0.183 e. The zero-order valence-electron chi connectivity index (χ0n) is 14.3. The molecule has 3 rings (SSSR count). The average molecular weight is 392 g/mol. The molecule has 0 radical (unpaired) electrons. The van der Waals surface area contributed by atoms with Gasteiger partial charge in [0.2, 0.25) is 0 Å². The van der Waals surface area contributed by atoms with E-state index in [4.69, 9.17) is 21.1 Å². The predicted molar refractivity (Wildman–Crippen MR) is 98.1 cm³/mol. The van der Waals surface area contributed by atoms with Crippen LogP contribution < -0.4 is 4.74 Å². The van der Waals surface area contributed by atoms with Gasteiger partial charge >= 0.3 is 0 Å². The van der Waals surface area contributed by atoms with Crippen molar-refractivity contribution in [3.8, 4) is 11.8 Å². The number of methoxy groups -OCH3 is 2. The van der Waals surface area contributed by atoms with Crippen LogP contribution in [0.25, 0.3) is 0 Å². The number of sulfone groups is 1. The molecule has 0 amide bonds. The number of nitriles is 1. The minimum Gasteiger partial charge on any atom is -0.497 e. The van der Waals surface area contributed by atoms with Crippen molar-refractivity contribution in [3.05, 3.63) is 59.1 Å². The van der Waals surface area contributed by atoms with Gasteiger partial charge in [-0.05, 0) is 42.0 Å². The van der Waals surface area contributed by atoms with Crippen LogP contribution in [0.2, 0.25) is 5.02 Å². The summed E-state index contributed by atoms with van der Waals surface area (Å²) >= 11 is 5.86. The first-order valence-electron chi connectivity index (χ1n) is 7.94. The van der Waals surface area contributed by atoms with E-state index in [1.165, 1.54) is 31.4 Å². The van der Waals surface area contributed by atoms with E-state index < -0.39 is 26.4 Å². The molecule has 1 aliphatic carbocycles. The van der Waals surface area contributed by atoms with Crippen molar-refractivity contribution in [3.63, 3.8) is 0 Å². The first-order valence-corrected chi connectivity index (χ1v) is 9.86. The lowest BCUT2D eigenvalue weighted by Crippen LogP contribution is -2.19. The number of halogens is 1. The molecule has 26 heavy (non-hydrogen) atoms. The van der Waals surface area contributed by atoms with Crippen molar-refractivity contribution < 1.29 is 17.9 Å². The van der Waals surface area contributed by atoms with Crippen LogP contribution in [-0.2, 0) is 14.6 Å². The second kappa shape index (κ2) is 6.92. The van der Waals surface area contributed by atoms with Gasteiger partial charge < -0.3 is 9.47 Å². The molecule has 5 nitrogen and oxygen atoms in total. The Kier molecular flexibility index (Phi) is 4.98. The lowest BCUT2D eigenvalue weighted by molar-refractivity contribution is 0.162. The van der Waals surface area contributed by atoms with Gasteiger partial charge in [-0.2, -0.15) is 5.26 Å². The molecule has 2 aromatic rings.